The summed E-state index contributed by atoms with van der Waals surface area (Å²) in [5.41, 5.74) is 5.55. The molecule has 0 aliphatic carbocycles. The number of nitrogens with two attached hydrogens (primary N) is 1. The van der Waals surface area contributed by atoms with Gasteiger partial charge in [-0.05, 0) is 6.42 Å². The number of rotatable bonds is 5. The third-order valence-electron chi connectivity index (χ3n) is 2.80. The van der Waals surface area contributed by atoms with Crippen molar-refractivity contribution in [1.29, 1.82) is 0 Å². The zero-order valence-corrected chi connectivity index (χ0v) is 8.78. The summed E-state index contributed by atoms with van der Waals surface area (Å²) in [6.07, 6.45) is 1.86. The number of aliphatic hydroxyl groups excluding tert-OH is 1. The van der Waals surface area contributed by atoms with Crippen molar-refractivity contribution in [3.05, 3.63) is 0 Å². The fraction of sp³-hybridized carbons (Fsp3) is 0.900. The minimum absolute atomic E-state index is 0.0142. The van der Waals surface area contributed by atoms with Crippen LogP contribution in [-0.2, 0) is 4.79 Å². The highest BCUT2D eigenvalue weighted by Crippen LogP contribution is 2.19. The predicted molar refractivity (Wildman–Crippen MR) is 54.6 cm³/mol. The van der Waals surface area contributed by atoms with Gasteiger partial charge in [0.25, 0.3) is 0 Å². The van der Waals surface area contributed by atoms with E-state index in [9.17, 15) is 4.79 Å². The molecule has 14 heavy (non-hydrogen) atoms. The predicted octanol–water partition coefficient (Wildman–Crippen LogP) is -0.188. The molecule has 0 bridgehead atoms. The molecule has 0 aromatic rings. The highest BCUT2D eigenvalue weighted by atomic mass is 16.3. The van der Waals surface area contributed by atoms with Crippen molar-refractivity contribution in [1.82, 2.24) is 4.90 Å². The van der Waals surface area contributed by atoms with E-state index in [1.54, 1.807) is 4.90 Å². The summed E-state index contributed by atoms with van der Waals surface area (Å²) in [4.78, 5) is 13.6. The number of carbonyl (C=O) groups is 1. The maximum atomic E-state index is 11.8. The molecule has 4 nitrogen and oxygen atoms in total. The number of aliphatic hydroxyl groups is 1. The Hall–Kier alpha value is -0.610. The Balaban J connectivity index is 2.33. The lowest BCUT2D eigenvalue weighted by Crippen LogP contribution is -2.54. The largest absolute Gasteiger partial charge is 0.396 e. The summed E-state index contributed by atoms with van der Waals surface area (Å²) in [6.45, 7) is 4.09. The van der Waals surface area contributed by atoms with Gasteiger partial charge in [0, 0.05) is 32.2 Å². The Kier molecular flexibility index (Phi) is 4.35. The van der Waals surface area contributed by atoms with Crippen LogP contribution in [0.1, 0.15) is 19.8 Å². The molecule has 1 aliphatic heterocycles. The summed E-state index contributed by atoms with van der Waals surface area (Å²) >= 11 is 0. The average molecular weight is 200 g/mol. The Labute approximate surface area is 85.1 Å². The van der Waals surface area contributed by atoms with Crippen LogP contribution >= 0.6 is 0 Å². The first-order valence-corrected chi connectivity index (χ1v) is 5.32. The highest BCUT2D eigenvalue weighted by Gasteiger charge is 2.32. The van der Waals surface area contributed by atoms with Gasteiger partial charge in [0.05, 0.1) is 5.92 Å². The van der Waals surface area contributed by atoms with E-state index in [1.807, 2.05) is 0 Å². The first-order chi connectivity index (χ1) is 6.72. The molecule has 1 saturated heterocycles. The summed E-state index contributed by atoms with van der Waals surface area (Å²) < 4.78 is 0. The molecule has 1 fully saturated rings. The lowest BCUT2D eigenvalue weighted by Gasteiger charge is -2.40. The van der Waals surface area contributed by atoms with E-state index < -0.39 is 0 Å². The van der Waals surface area contributed by atoms with Crippen LogP contribution in [-0.4, -0.2) is 42.2 Å². The lowest BCUT2D eigenvalue weighted by molar-refractivity contribution is -0.142. The van der Waals surface area contributed by atoms with Crippen LogP contribution in [0.15, 0.2) is 0 Å². The van der Waals surface area contributed by atoms with E-state index in [0.717, 1.165) is 12.8 Å². The summed E-state index contributed by atoms with van der Waals surface area (Å²) in [5.74, 6) is 0.442. The van der Waals surface area contributed by atoms with Gasteiger partial charge in [0.1, 0.15) is 0 Å². The van der Waals surface area contributed by atoms with Crippen LogP contribution < -0.4 is 5.73 Å². The van der Waals surface area contributed by atoms with E-state index in [-0.39, 0.29) is 18.4 Å². The van der Waals surface area contributed by atoms with Gasteiger partial charge < -0.3 is 15.7 Å². The Bertz CT molecular complexity index is 191. The number of likely N-dealkylation sites (tertiary alicyclic amines) is 1. The first kappa shape index (κ1) is 11.5. The number of carbonyl (C=O) groups excluding carboxylic acids is 1. The second kappa shape index (κ2) is 5.32. The van der Waals surface area contributed by atoms with Gasteiger partial charge in [-0.15, -0.1) is 0 Å². The Morgan fingerprint density at radius 1 is 1.64 bits per heavy atom. The second-order valence-electron chi connectivity index (χ2n) is 4.01. The maximum absolute atomic E-state index is 11.8. The van der Waals surface area contributed by atoms with Crippen molar-refractivity contribution in [3.63, 3.8) is 0 Å². The monoisotopic (exact) mass is 200 g/mol. The fourth-order valence-electron chi connectivity index (χ4n) is 1.81. The number of nitrogens with zero attached hydrogens (tertiary/aromatic N) is 1. The smallest absolute Gasteiger partial charge is 0.226 e. The minimum atomic E-state index is -0.0142. The quantitative estimate of drug-likeness (QED) is 0.646. The molecule has 1 unspecified atom stereocenters. The highest BCUT2D eigenvalue weighted by molar-refractivity contribution is 5.79. The van der Waals surface area contributed by atoms with Crippen LogP contribution in [0.4, 0.5) is 0 Å². The van der Waals surface area contributed by atoms with Gasteiger partial charge in [0.2, 0.25) is 5.91 Å². The van der Waals surface area contributed by atoms with Gasteiger partial charge in [-0.2, -0.15) is 0 Å². The van der Waals surface area contributed by atoms with Gasteiger partial charge in [-0.25, -0.2) is 0 Å². The molecule has 0 radical (unpaired) electrons. The maximum Gasteiger partial charge on any atom is 0.226 e. The molecule has 1 atom stereocenters. The molecule has 0 aromatic carbocycles. The zero-order valence-electron chi connectivity index (χ0n) is 8.78. The average Bonchev–Trinajstić information content (AvgIpc) is 2.12. The zero-order chi connectivity index (χ0) is 10.6. The van der Waals surface area contributed by atoms with Crippen molar-refractivity contribution in [2.45, 2.75) is 19.8 Å². The molecule has 1 heterocycles. The van der Waals surface area contributed by atoms with Gasteiger partial charge in [-0.3, -0.25) is 4.79 Å². The Morgan fingerprint density at radius 3 is 2.71 bits per heavy atom. The second-order valence-corrected chi connectivity index (χ2v) is 4.01. The summed E-state index contributed by atoms with van der Waals surface area (Å²) in [5, 5.41) is 8.82. The molecular formula is C10H20N2O2. The van der Waals surface area contributed by atoms with Crippen LogP contribution in [0.5, 0.6) is 0 Å². The topological polar surface area (TPSA) is 66.6 Å². The molecule has 1 aliphatic rings. The van der Waals surface area contributed by atoms with Crippen molar-refractivity contribution >= 4 is 5.91 Å². The van der Waals surface area contributed by atoms with Crippen molar-refractivity contribution in [3.8, 4) is 0 Å². The molecule has 1 amide bonds. The lowest BCUT2D eigenvalue weighted by atomic mass is 9.96. The van der Waals surface area contributed by atoms with E-state index in [1.165, 1.54) is 0 Å². The van der Waals surface area contributed by atoms with Crippen molar-refractivity contribution < 1.29 is 9.90 Å². The fourth-order valence-corrected chi connectivity index (χ4v) is 1.81. The molecule has 0 aromatic heterocycles. The molecule has 3 N–H and O–H groups in total. The molecular weight excluding hydrogens is 180 g/mol. The Morgan fingerprint density at radius 2 is 2.29 bits per heavy atom. The molecule has 0 saturated carbocycles. The van der Waals surface area contributed by atoms with E-state index in [4.69, 9.17) is 10.8 Å². The third-order valence-corrected chi connectivity index (χ3v) is 2.80. The molecule has 0 spiro atoms. The van der Waals surface area contributed by atoms with E-state index in [2.05, 4.69) is 6.92 Å². The van der Waals surface area contributed by atoms with Crippen molar-refractivity contribution in [2.24, 2.45) is 17.6 Å². The SMILES string of the molecule is CCCC(CN)C(=O)N1CC(CO)C1. The van der Waals surface area contributed by atoms with Crippen LogP contribution in [0.3, 0.4) is 0 Å². The van der Waals surface area contributed by atoms with Crippen LogP contribution in [0.25, 0.3) is 0 Å². The van der Waals surface area contributed by atoms with E-state index in [0.29, 0.717) is 25.6 Å². The molecule has 82 valence electrons. The summed E-state index contributed by atoms with van der Waals surface area (Å²) in [7, 11) is 0. The van der Waals surface area contributed by atoms with Crippen LogP contribution in [0.2, 0.25) is 0 Å². The van der Waals surface area contributed by atoms with Crippen LogP contribution in [0, 0.1) is 11.8 Å². The molecule has 1 rings (SSSR count). The number of hydrogen-bond donors (Lipinski definition) is 2. The molecule has 4 heteroatoms. The number of amides is 1. The van der Waals surface area contributed by atoms with Gasteiger partial charge >= 0.3 is 0 Å². The summed E-state index contributed by atoms with van der Waals surface area (Å²) in [6, 6.07) is 0. The van der Waals surface area contributed by atoms with Crippen molar-refractivity contribution in [2.75, 3.05) is 26.2 Å². The minimum Gasteiger partial charge on any atom is -0.396 e. The van der Waals surface area contributed by atoms with E-state index >= 15 is 0 Å². The normalized spacial score (nSPS) is 19.2. The van der Waals surface area contributed by atoms with Gasteiger partial charge in [0.15, 0.2) is 0 Å². The third kappa shape index (κ3) is 2.45. The first-order valence-electron chi connectivity index (χ1n) is 5.32. The number of hydrogen-bond acceptors (Lipinski definition) is 3. The van der Waals surface area contributed by atoms with Gasteiger partial charge in [-0.1, -0.05) is 13.3 Å². The standard InChI is InChI=1S/C10H20N2O2/c1-2-3-9(4-11)10(14)12-5-8(6-12)7-13/h8-9,13H,2-7,11H2,1H3.